The van der Waals surface area contributed by atoms with Gasteiger partial charge in [0.25, 0.3) is 5.91 Å². The molecule has 0 saturated heterocycles. The van der Waals surface area contributed by atoms with Crippen LogP contribution in [0.3, 0.4) is 0 Å². The number of carbonyl (C=O) groups excluding carboxylic acids is 4. The molecule has 0 saturated carbocycles. The van der Waals surface area contributed by atoms with Gasteiger partial charge < -0.3 is 15.4 Å². The van der Waals surface area contributed by atoms with Gasteiger partial charge in [0.15, 0.2) is 6.61 Å². The van der Waals surface area contributed by atoms with Gasteiger partial charge in [-0.05, 0) is 16.3 Å². The Kier molecular flexibility index (Phi) is 6.67. The SMILES string of the molecule is CNC(=O)NC(=O)COC(=O)CNC(=O)Cc1cccc2ccccc12. The Morgan fingerprint density at radius 1 is 0.962 bits per heavy atom. The van der Waals surface area contributed by atoms with Gasteiger partial charge in [-0.15, -0.1) is 0 Å². The van der Waals surface area contributed by atoms with Crippen LogP contribution in [0.4, 0.5) is 4.79 Å². The molecule has 0 atom stereocenters. The maximum atomic E-state index is 12.0. The lowest BCUT2D eigenvalue weighted by Gasteiger charge is -2.08. The minimum atomic E-state index is -0.775. The highest BCUT2D eigenvalue weighted by molar-refractivity contribution is 5.95. The van der Waals surface area contributed by atoms with Crippen LogP contribution in [-0.2, 0) is 25.5 Å². The average Bonchev–Trinajstić information content (AvgIpc) is 2.65. The second-order valence-corrected chi connectivity index (χ2v) is 5.38. The fourth-order valence-corrected chi connectivity index (χ4v) is 2.28. The van der Waals surface area contributed by atoms with E-state index in [9.17, 15) is 19.2 Å². The van der Waals surface area contributed by atoms with Gasteiger partial charge in [0.1, 0.15) is 6.54 Å². The number of ether oxygens (including phenoxy) is 1. The first-order valence-electron chi connectivity index (χ1n) is 7.90. The highest BCUT2D eigenvalue weighted by Crippen LogP contribution is 2.18. The summed E-state index contributed by atoms with van der Waals surface area (Å²) >= 11 is 0. The quantitative estimate of drug-likeness (QED) is 0.652. The fourth-order valence-electron chi connectivity index (χ4n) is 2.28. The number of urea groups is 1. The Hall–Kier alpha value is -3.42. The normalized spacial score (nSPS) is 10.0. The summed E-state index contributed by atoms with van der Waals surface area (Å²) in [7, 11) is 1.35. The first-order valence-corrected chi connectivity index (χ1v) is 7.90. The Morgan fingerprint density at radius 2 is 1.69 bits per heavy atom. The molecular formula is C18H19N3O5. The van der Waals surface area contributed by atoms with E-state index in [0.29, 0.717) is 0 Å². The van der Waals surface area contributed by atoms with Crippen LogP contribution in [0.5, 0.6) is 0 Å². The molecule has 0 bridgehead atoms. The van der Waals surface area contributed by atoms with Gasteiger partial charge in [0.05, 0.1) is 6.42 Å². The molecule has 2 aromatic rings. The molecule has 0 aliphatic rings. The molecule has 2 aromatic carbocycles. The summed E-state index contributed by atoms with van der Waals surface area (Å²) in [5, 5.41) is 8.58. The molecule has 0 fully saturated rings. The molecule has 8 heteroatoms. The lowest BCUT2D eigenvalue weighted by Crippen LogP contribution is -2.40. The van der Waals surface area contributed by atoms with Crippen molar-refractivity contribution in [3.63, 3.8) is 0 Å². The molecular weight excluding hydrogens is 338 g/mol. The number of esters is 1. The number of benzene rings is 2. The van der Waals surface area contributed by atoms with Crippen molar-refractivity contribution < 1.29 is 23.9 Å². The third-order valence-corrected chi connectivity index (χ3v) is 3.51. The van der Waals surface area contributed by atoms with Crippen LogP contribution < -0.4 is 16.0 Å². The lowest BCUT2D eigenvalue weighted by atomic mass is 10.0. The van der Waals surface area contributed by atoms with E-state index >= 15 is 0 Å². The van der Waals surface area contributed by atoms with Crippen molar-refractivity contribution in [3.05, 3.63) is 48.0 Å². The minimum Gasteiger partial charge on any atom is -0.454 e. The van der Waals surface area contributed by atoms with Crippen LogP contribution in [0.15, 0.2) is 42.5 Å². The van der Waals surface area contributed by atoms with E-state index in [-0.39, 0.29) is 18.9 Å². The first-order chi connectivity index (χ1) is 12.5. The zero-order chi connectivity index (χ0) is 18.9. The zero-order valence-electron chi connectivity index (χ0n) is 14.2. The van der Waals surface area contributed by atoms with E-state index in [1.54, 1.807) is 0 Å². The molecule has 4 amide bonds. The molecule has 0 spiro atoms. The van der Waals surface area contributed by atoms with Crippen LogP contribution >= 0.6 is 0 Å². The van der Waals surface area contributed by atoms with E-state index in [1.165, 1.54) is 7.05 Å². The number of imide groups is 1. The van der Waals surface area contributed by atoms with Crippen LogP contribution in [0.1, 0.15) is 5.56 Å². The van der Waals surface area contributed by atoms with Gasteiger partial charge in [0, 0.05) is 7.05 Å². The zero-order valence-corrected chi connectivity index (χ0v) is 14.2. The number of nitrogens with one attached hydrogen (secondary N) is 3. The fraction of sp³-hybridized carbons (Fsp3) is 0.222. The maximum absolute atomic E-state index is 12.0. The monoisotopic (exact) mass is 357 g/mol. The largest absolute Gasteiger partial charge is 0.454 e. The highest BCUT2D eigenvalue weighted by Gasteiger charge is 2.12. The Bertz CT molecular complexity index is 829. The summed E-state index contributed by atoms with van der Waals surface area (Å²) in [6.45, 7) is -0.970. The molecule has 136 valence electrons. The summed E-state index contributed by atoms with van der Waals surface area (Å²) in [5.74, 6) is -1.88. The maximum Gasteiger partial charge on any atom is 0.325 e. The predicted molar refractivity (Wildman–Crippen MR) is 94.2 cm³/mol. The van der Waals surface area contributed by atoms with E-state index in [2.05, 4.69) is 15.4 Å². The third-order valence-electron chi connectivity index (χ3n) is 3.51. The molecule has 0 aliphatic heterocycles. The van der Waals surface area contributed by atoms with Crippen molar-refractivity contribution >= 4 is 34.6 Å². The summed E-state index contributed by atoms with van der Waals surface area (Å²) < 4.78 is 4.67. The van der Waals surface area contributed by atoms with Crippen LogP contribution in [0, 0.1) is 0 Å². The van der Waals surface area contributed by atoms with Gasteiger partial charge in [-0.2, -0.15) is 0 Å². The van der Waals surface area contributed by atoms with Crippen LogP contribution in [0.2, 0.25) is 0 Å². The standard InChI is InChI=1S/C18H19N3O5/c1-19-18(25)21-16(23)11-26-17(24)10-20-15(22)9-13-7-4-6-12-5-2-3-8-14(12)13/h2-8H,9-11H2,1H3,(H,20,22)(H2,19,21,23,25). The molecule has 2 rings (SSSR count). The van der Waals surface area contributed by atoms with Crippen molar-refractivity contribution in [2.45, 2.75) is 6.42 Å². The van der Waals surface area contributed by atoms with E-state index in [1.807, 2.05) is 47.8 Å². The van der Waals surface area contributed by atoms with Gasteiger partial charge in [0.2, 0.25) is 5.91 Å². The Morgan fingerprint density at radius 3 is 2.46 bits per heavy atom. The van der Waals surface area contributed by atoms with E-state index in [0.717, 1.165) is 16.3 Å². The number of fused-ring (bicyclic) bond motifs is 1. The number of amides is 4. The number of hydrogen-bond acceptors (Lipinski definition) is 5. The van der Waals surface area contributed by atoms with Crippen LogP contribution in [-0.4, -0.2) is 44.0 Å². The first kappa shape index (κ1) is 18.9. The summed E-state index contributed by atoms with van der Waals surface area (Å²) in [6.07, 6.45) is 0.117. The van der Waals surface area contributed by atoms with Crippen LogP contribution in [0.25, 0.3) is 10.8 Å². The van der Waals surface area contributed by atoms with Gasteiger partial charge in [-0.1, -0.05) is 42.5 Å². The molecule has 26 heavy (non-hydrogen) atoms. The van der Waals surface area contributed by atoms with E-state index in [4.69, 9.17) is 0 Å². The lowest BCUT2D eigenvalue weighted by molar-refractivity contribution is -0.148. The Balaban J connectivity index is 1.78. The van der Waals surface area contributed by atoms with E-state index < -0.39 is 24.5 Å². The number of carbonyl (C=O) groups is 4. The molecule has 3 N–H and O–H groups in total. The third kappa shape index (κ3) is 5.59. The molecule has 0 radical (unpaired) electrons. The van der Waals surface area contributed by atoms with Gasteiger partial charge in [-0.3, -0.25) is 19.7 Å². The second-order valence-electron chi connectivity index (χ2n) is 5.38. The molecule has 0 aliphatic carbocycles. The number of rotatable bonds is 6. The van der Waals surface area contributed by atoms with Crippen molar-refractivity contribution in [3.8, 4) is 0 Å². The average molecular weight is 357 g/mol. The molecule has 8 nitrogen and oxygen atoms in total. The van der Waals surface area contributed by atoms with Crippen molar-refractivity contribution in [2.24, 2.45) is 0 Å². The van der Waals surface area contributed by atoms with Crippen molar-refractivity contribution in [1.29, 1.82) is 0 Å². The second kappa shape index (κ2) is 9.16. The summed E-state index contributed by atoms with van der Waals surface area (Å²) in [6, 6.07) is 12.7. The predicted octanol–water partition coefficient (Wildman–Crippen LogP) is 0.497. The number of hydrogen-bond donors (Lipinski definition) is 3. The van der Waals surface area contributed by atoms with Crippen molar-refractivity contribution in [2.75, 3.05) is 20.2 Å². The highest BCUT2D eigenvalue weighted by atomic mass is 16.5. The van der Waals surface area contributed by atoms with Gasteiger partial charge in [-0.25, -0.2) is 4.79 Å². The minimum absolute atomic E-state index is 0.117. The smallest absolute Gasteiger partial charge is 0.325 e. The molecule has 0 heterocycles. The van der Waals surface area contributed by atoms with Gasteiger partial charge >= 0.3 is 12.0 Å². The summed E-state index contributed by atoms with van der Waals surface area (Å²) in [4.78, 5) is 45.8. The molecule has 0 aromatic heterocycles. The molecule has 0 unspecified atom stereocenters. The topological polar surface area (TPSA) is 114 Å². The Labute approximate surface area is 149 Å². The summed E-state index contributed by atoms with van der Waals surface area (Å²) in [5.41, 5.74) is 0.846. The van der Waals surface area contributed by atoms with Crippen molar-refractivity contribution in [1.82, 2.24) is 16.0 Å².